The van der Waals surface area contributed by atoms with Gasteiger partial charge >= 0.3 is 11.9 Å². The van der Waals surface area contributed by atoms with Crippen molar-refractivity contribution in [2.45, 2.75) is 19.1 Å². The number of rotatable bonds is 6. The lowest BCUT2D eigenvalue weighted by Gasteiger charge is -2.03. The molecule has 2 atom stereocenters. The van der Waals surface area contributed by atoms with Crippen LogP contribution in [0.25, 0.3) is 0 Å². The van der Waals surface area contributed by atoms with E-state index in [-0.39, 0.29) is 11.1 Å². The van der Waals surface area contributed by atoms with Crippen LogP contribution in [0.1, 0.15) is 26.3 Å². The maximum Gasteiger partial charge on any atom is 0.336 e. The number of aromatic carboxylic acids is 2. The van der Waals surface area contributed by atoms with Crippen LogP contribution < -0.4 is 0 Å². The van der Waals surface area contributed by atoms with Gasteiger partial charge in [0.05, 0.1) is 37.6 Å². The number of epoxide rings is 2. The lowest BCUT2D eigenvalue weighted by atomic mass is 10.0. The van der Waals surface area contributed by atoms with Crippen molar-refractivity contribution in [1.82, 2.24) is 0 Å². The maximum absolute atomic E-state index is 10.7. The number of carbonyl (C=O) groups is 2. The summed E-state index contributed by atoms with van der Waals surface area (Å²) in [6.45, 7) is 4.83. The summed E-state index contributed by atoms with van der Waals surface area (Å²) in [7, 11) is 0. The first-order valence-electron chi connectivity index (χ1n) is 6.86. The first-order chi connectivity index (χ1) is 10.5. The predicted octanol–water partition coefficient (Wildman–Crippen LogP) is 1.19. The number of carboxylic acid groups (broad SMARTS) is 2. The van der Waals surface area contributed by atoms with E-state index in [2.05, 4.69) is 0 Å². The molecule has 0 spiro atoms. The largest absolute Gasteiger partial charge is 0.478 e. The average molecular weight is 310 g/mol. The van der Waals surface area contributed by atoms with Crippen LogP contribution in [0.4, 0.5) is 0 Å². The highest BCUT2D eigenvalue weighted by molar-refractivity contribution is 6.02. The summed E-state index contributed by atoms with van der Waals surface area (Å²) in [5.41, 5.74) is 0.134. The summed E-state index contributed by atoms with van der Waals surface area (Å²) in [4.78, 5) is 21.3. The van der Waals surface area contributed by atoms with E-state index in [1.807, 2.05) is 0 Å². The molecule has 2 heterocycles. The van der Waals surface area contributed by atoms with Crippen LogP contribution in [-0.2, 0) is 14.2 Å². The highest BCUT2D eigenvalue weighted by atomic mass is 16.6. The van der Waals surface area contributed by atoms with E-state index in [1.165, 1.54) is 12.1 Å². The van der Waals surface area contributed by atoms with Gasteiger partial charge in [-0.1, -0.05) is 12.1 Å². The molecule has 120 valence electrons. The molecule has 0 aromatic heterocycles. The number of aryl methyl sites for hydroxylation is 1. The number of carboxylic acids is 2. The van der Waals surface area contributed by atoms with Gasteiger partial charge in [-0.25, -0.2) is 9.59 Å². The Bertz CT molecular complexity index is 535. The zero-order chi connectivity index (χ0) is 16.1. The standard InChI is InChI=1S/C9H8O4.C6H10O3/c1-5-3-2-4-6(8(10)11)7(5)9(12)13;1(5-3-8-5)7-2-6-4-9-6/h2-4H,1H3,(H,10,11)(H,12,13);5-6H,1-4H2. The Hall–Kier alpha value is -1.96. The van der Waals surface area contributed by atoms with Crippen LogP contribution >= 0.6 is 0 Å². The second kappa shape index (κ2) is 7.35. The van der Waals surface area contributed by atoms with Crippen molar-refractivity contribution < 1.29 is 34.0 Å². The Morgan fingerprint density at radius 1 is 1.14 bits per heavy atom. The molecule has 7 heteroatoms. The zero-order valence-electron chi connectivity index (χ0n) is 12.2. The van der Waals surface area contributed by atoms with Gasteiger partial charge in [0.15, 0.2) is 0 Å². The fraction of sp³-hybridized carbons (Fsp3) is 0.467. The van der Waals surface area contributed by atoms with Gasteiger partial charge in [-0.2, -0.15) is 0 Å². The Kier molecular flexibility index (Phi) is 5.48. The molecular formula is C15H18O7. The van der Waals surface area contributed by atoms with Gasteiger partial charge < -0.3 is 24.4 Å². The molecule has 0 saturated carbocycles. The van der Waals surface area contributed by atoms with Crippen molar-refractivity contribution in [2.24, 2.45) is 0 Å². The van der Waals surface area contributed by atoms with E-state index >= 15 is 0 Å². The number of benzene rings is 1. The van der Waals surface area contributed by atoms with Crippen LogP contribution in [0.15, 0.2) is 18.2 Å². The summed E-state index contributed by atoms with van der Waals surface area (Å²) in [5, 5.41) is 17.4. The number of hydrogen-bond acceptors (Lipinski definition) is 5. The van der Waals surface area contributed by atoms with Gasteiger partial charge in [-0.3, -0.25) is 0 Å². The smallest absolute Gasteiger partial charge is 0.336 e. The Morgan fingerprint density at radius 2 is 1.68 bits per heavy atom. The fourth-order valence-electron chi connectivity index (χ4n) is 1.79. The third-order valence-electron chi connectivity index (χ3n) is 3.13. The van der Waals surface area contributed by atoms with E-state index in [1.54, 1.807) is 13.0 Å². The Balaban J connectivity index is 0.000000170. The summed E-state index contributed by atoms with van der Waals surface area (Å²) in [6.07, 6.45) is 0.785. The van der Waals surface area contributed by atoms with Crippen molar-refractivity contribution in [3.05, 3.63) is 34.9 Å². The van der Waals surface area contributed by atoms with Gasteiger partial charge in [0.25, 0.3) is 0 Å². The van der Waals surface area contributed by atoms with Gasteiger partial charge in [0, 0.05) is 0 Å². The molecule has 2 aliphatic heterocycles. The second-order valence-corrected chi connectivity index (χ2v) is 5.06. The monoisotopic (exact) mass is 310 g/mol. The van der Waals surface area contributed by atoms with Crippen molar-refractivity contribution in [2.75, 3.05) is 26.4 Å². The Morgan fingerprint density at radius 3 is 2.05 bits per heavy atom. The summed E-state index contributed by atoms with van der Waals surface area (Å²) < 4.78 is 15.1. The fourth-order valence-corrected chi connectivity index (χ4v) is 1.79. The van der Waals surface area contributed by atoms with Crippen molar-refractivity contribution >= 4 is 11.9 Å². The Labute approximate surface area is 127 Å². The molecule has 2 N–H and O–H groups in total. The molecule has 2 fully saturated rings. The molecule has 7 nitrogen and oxygen atoms in total. The molecule has 22 heavy (non-hydrogen) atoms. The first kappa shape index (κ1) is 16.4. The molecule has 2 unspecified atom stereocenters. The van der Waals surface area contributed by atoms with Crippen LogP contribution in [0.2, 0.25) is 0 Å². The minimum atomic E-state index is -1.22. The minimum Gasteiger partial charge on any atom is -0.478 e. The zero-order valence-corrected chi connectivity index (χ0v) is 12.2. The molecule has 0 aliphatic carbocycles. The summed E-state index contributed by atoms with van der Waals surface area (Å²) in [5.74, 6) is -2.43. The van der Waals surface area contributed by atoms with Crippen LogP contribution in [-0.4, -0.2) is 60.8 Å². The molecule has 3 rings (SSSR count). The predicted molar refractivity (Wildman–Crippen MR) is 75.4 cm³/mol. The lowest BCUT2D eigenvalue weighted by molar-refractivity contribution is 0.0651. The summed E-state index contributed by atoms with van der Waals surface area (Å²) in [6, 6.07) is 4.36. The lowest BCUT2D eigenvalue weighted by Crippen LogP contribution is -2.09. The van der Waals surface area contributed by atoms with Crippen molar-refractivity contribution in [3.63, 3.8) is 0 Å². The molecule has 1 aromatic rings. The third-order valence-corrected chi connectivity index (χ3v) is 3.13. The second-order valence-electron chi connectivity index (χ2n) is 5.06. The molecule has 0 radical (unpaired) electrons. The molecule has 1 aromatic carbocycles. The highest BCUT2D eigenvalue weighted by Gasteiger charge is 2.26. The normalized spacial score (nSPS) is 21.5. The van der Waals surface area contributed by atoms with E-state index in [9.17, 15) is 9.59 Å². The molecule has 2 saturated heterocycles. The van der Waals surface area contributed by atoms with Gasteiger partial charge in [0.1, 0.15) is 12.2 Å². The molecular weight excluding hydrogens is 292 g/mol. The van der Waals surface area contributed by atoms with Gasteiger partial charge in [-0.15, -0.1) is 0 Å². The van der Waals surface area contributed by atoms with Gasteiger partial charge in [0.2, 0.25) is 0 Å². The molecule has 0 amide bonds. The third kappa shape index (κ3) is 5.10. The number of ether oxygens (including phenoxy) is 3. The van der Waals surface area contributed by atoms with E-state index in [4.69, 9.17) is 24.4 Å². The summed E-state index contributed by atoms with van der Waals surface area (Å²) >= 11 is 0. The quantitative estimate of drug-likeness (QED) is 0.760. The number of hydrogen-bond donors (Lipinski definition) is 2. The van der Waals surface area contributed by atoms with Crippen molar-refractivity contribution in [1.29, 1.82) is 0 Å². The van der Waals surface area contributed by atoms with Crippen LogP contribution in [0.3, 0.4) is 0 Å². The van der Waals surface area contributed by atoms with E-state index in [0.29, 0.717) is 17.8 Å². The highest BCUT2D eigenvalue weighted by Crippen LogP contribution is 2.14. The molecule has 0 bridgehead atoms. The van der Waals surface area contributed by atoms with Gasteiger partial charge in [-0.05, 0) is 18.6 Å². The van der Waals surface area contributed by atoms with Crippen molar-refractivity contribution in [3.8, 4) is 0 Å². The maximum atomic E-state index is 10.7. The SMILES string of the molecule is C(OCC1CO1)C1CO1.Cc1cccc(C(=O)O)c1C(=O)O. The topological polar surface area (TPSA) is 109 Å². The van der Waals surface area contributed by atoms with Crippen LogP contribution in [0, 0.1) is 6.92 Å². The van der Waals surface area contributed by atoms with E-state index < -0.39 is 11.9 Å². The first-order valence-corrected chi connectivity index (χ1v) is 6.86. The van der Waals surface area contributed by atoms with Crippen LogP contribution in [0.5, 0.6) is 0 Å². The van der Waals surface area contributed by atoms with E-state index in [0.717, 1.165) is 26.4 Å². The average Bonchev–Trinajstić information content (AvgIpc) is 3.33. The minimum absolute atomic E-state index is 0.144. The molecule has 2 aliphatic rings.